The normalized spacial score (nSPS) is 13.4. The lowest BCUT2D eigenvalue weighted by Gasteiger charge is -2.25. The largest absolute Gasteiger partial charge is 0.466 e. The van der Waals surface area contributed by atoms with Crippen LogP contribution in [0.5, 0.6) is 0 Å². The number of nitro benzene ring substituents is 1. The number of amides is 2. The number of anilines is 2. The van der Waals surface area contributed by atoms with Gasteiger partial charge < -0.3 is 14.5 Å². The maximum absolute atomic E-state index is 13.2. The predicted molar refractivity (Wildman–Crippen MR) is 114 cm³/mol. The first-order valence-electron chi connectivity index (χ1n) is 10.0. The smallest absolute Gasteiger partial charge is 0.305 e. The van der Waals surface area contributed by atoms with Gasteiger partial charge in [0.1, 0.15) is 0 Å². The van der Waals surface area contributed by atoms with Gasteiger partial charge in [-0.3, -0.25) is 24.5 Å². The van der Waals surface area contributed by atoms with Crippen LogP contribution in [0, 0.1) is 10.1 Å². The molecule has 0 aliphatic carbocycles. The molecule has 1 heterocycles. The molecule has 0 radical (unpaired) electrons. The van der Waals surface area contributed by atoms with Crippen LogP contribution in [0.4, 0.5) is 17.1 Å². The van der Waals surface area contributed by atoms with Crippen LogP contribution in [0.3, 0.4) is 0 Å². The number of benzene rings is 2. The van der Waals surface area contributed by atoms with Crippen molar-refractivity contribution in [3.8, 4) is 0 Å². The Balaban J connectivity index is 1.84. The van der Waals surface area contributed by atoms with E-state index in [-0.39, 0.29) is 42.9 Å². The first kappa shape index (κ1) is 21.9. The standard InChI is InChI=1S/C22H23N3O6/c1-2-31-21(27)8-5-14-23-18-6-3-4-7-19(18)24(15-13-20(23)26)22(28)16-9-11-17(12-10-16)25(29)30/h3-4,6-7,9-12H,2,5,8,13-15H2,1H3. The lowest BCUT2D eigenvalue weighted by molar-refractivity contribution is -0.384. The molecule has 0 fully saturated rings. The molecule has 0 N–H and O–H groups in total. The van der Waals surface area contributed by atoms with E-state index in [0.717, 1.165) is 0 Å². The van der Waals surface area contributed by atoms with Crippen LogP contribution < -0.4 is 9.80 Å². The number of non-ortho nitro benzene ring substituents is 1. The number of nitrogens with zero attached hydrogens (tertiary/aromatic N) is 3. The van der Waals surface area contributed by atoms with Gasteiger partial charge in [0, 0.05) is 43.6 Å². The van der Waals surface area contributed by atoms with E-state index in [1.165, 1.54) is 29.2 Å². The van der Waals surface area contributed by atoms with Crippen LogP contribution in [0.15, 0.2) is 48.5 Å². The van der Waals surface area contributed by atoms with Crippen LogP contribution in [0.1, 0.15) is 36.5 Å². The van der Waals surface area contributed by atoms with Gasteiger partial charge in [-0.2, -0.15) is 0 Å². The Kier molecular flexibility index (Phi) is 6.96. The number of carbonyl (C=O) groups excluding carboxylic acids is 3. The molecule has 0 unspecified atom stereocenters. The average molecular weight is 425 g/mol. The third-order valence-corrected chi connectivity index (χ3v) is 4.95. The Morgan fingerprint density at radius 2 is 1.77 bits per heavy atom. The second-order valence-electron chi connectivity index (χ2n) is 6.95. The van der Waals surface area contributed by atoms with Crippen LogP contribution in [-0.2, 0) is 14.3 Å². The fraction of sp³-hybridized carbons (Fsp3) is 0.318. The quantitative estimate of drug-likeness (QED) is 0.382. The summed E-state index contributed by atoms with van der Waals surface area (Å²) in [5.41, 5.74) is 1.36. The Bertz CT molecular complexity index is 989. The molecular weight excluding hydrogens is 402 g/mol. The fourth-order valence-corrected chi connectivity index (χ4v) is 3.47. The highest BCUT2D eigenvalue weighted by Gasteiger charge is 2.29. The molecule has 0 spiro atoms. The van der Waals surface area contributed by atoms with Gasteiger partial charge in [0.05, 0.1) is 22.9 Å². The lowest BCUT2D eigenvalue weighted by atomic mass is 10.1. The van der Waals surface area contributed by atoms with Gasteiger partial charge in [-0.15, -0.1) is 0 Å². The molecule has 0 saturated heterocycles. The van der Waals surface area contributed by atoms with Gasteiger partial charge in [-0.25, -0.2) is 0 Å². The minimum Gasteiger partial charge on any atom is -0.466 e. The summed E-state index contributed by atoms with van der Waals surface area (Å²) in [6.45, 7) is 2.56. The van der Waals surface area contributed by atoms with Crippen molar-refractivity contribution in [2.45, 2.75) is 26.2 Å². The third kappa shape index (κ3) is 5.06. The molecule has 2 amide bonds. The molecule has 2 aromatic rings. The van der Waals surface area contributed by atoms with Crippen LogP contribution in [-0.4, -0.2) is 42.4 Å². The van der Waals surface area contributed by atoms with Gasteiger partial charge in [0.2, 0.25) is 5.91 Å². The maximum Gasteiger partial charge on any atom is 0.305 e. The number of ether oxygens (including phenoxy) is 1. The van der Waals surface area contributed by atoms with E-state index in [0.29, 0.717) is 36.5 Å². The summed E-state index contributed by atoms with van der Waals surface area (Å²) in [5, 5.41) is 10.9. The molecule has 3 rings (SSSR count). The summed E-state index contributed by atoms with van der Waals surface area (Å²) >= 11 is 0. The Morgan fingerprint density at radius 3 is 2.42 bits per heavy atom. The van der Waals surface area contributed by atoms with E-state index in [1.54, 1.807) is 36.1 Å². The number of carbonyl (C=O) groups is 3. The monoisotopic (exact) mass is 425 g/mol. The molecule has 1 aliphatic heterocycles. The molecule has 31 heavy (non-hydrogen) atoms. The second kappa shape index (κ2) is 9.84. The van der Waals surface area contributed by atoms with E-state index in [9.17, 15) is 24.5 Å². The van der Waals surface area contributed by atoms with E-state index in [4.69, 9.17) is 4.74 Å². The van der Waals surface area contributed by atoms with Gasteiger partial charge in [-0.1, -0.05) is 12.1 Å². The highest BCUT2D eigenvalue weighted by Crippen LogP contribution is 2.34. The molecule has 9 nitrogen and oxygen atoms in total. The maximum atomic E-state index is 13.2. The van der Waals surface area contributed by atoms with Gasteiger partial charge in [-0.05, 0) is 37.6 Å². The summed E-state index contributed by atoms with van der Waals surface area (Å²) in [7, 11) is 0. The van der Waals surface area contributed by atoms with Crippen LogP contribution >= 0.6 is 0 Å². The number of para-hydroxylation sites is 2. The molecule has 162 valence electrons. The van der Waals surface area contributed by atoms with E-state index >= 15 is 0 Å². The topological polar surface area (TPSA) is 110 Å². The van der Waals surface area contributed by atoms with Crippen molar-refractivity contribution in [3.05, 3.63) is 64.2 Å². The molecule has 9 heteroatoms. The molecule has 0 saturated carbocycles. The van der Waals surface area contributed by atoms with E-state index in [2.05, 4.69) is 0 Å². The van der Waals surface area contributed by atoms with Crippen LogP contribution in [0.2, 0.25) is 0 Å². The molecule has 1 aliphatic rings. The number of esters is 1. The van der Waals surface area contributed by atoms with Crippen LogP contribution in [0.25, 0.3) is 0 Å². The molecule has 0 atom stereocenters. The zero-order valence-corrected chi connectivity index (χ0v) is 17.2. The SMILES string of the molecule is CCOC(=O)CCCN1C(=O)CCN(C(=O)c2ccc([N+](=O)[O-])cc2)c2ccccc21. The van der Waals surface area contributed by atoms with Crippen molar-refractivity contribution in [1.82, 2.24) is 0 Å². The average Bonchev–Trinajstić information content (AvgIpc) is 2.90. The molecule has 0 bridgehead atoms. The first-order valence-corrected chi connectivity index (χ1v) is 10.0. The highest BCUT2D eigenvalue weighted by molar-refractivity contribution is 6.11. The minimum atomic E-state index is -0.525. The Morgan fingerprint density at radius 1 is 1.10 bits per heavy atom. The zero-order chi connectivity index (χ0) is 22.4. The number of fused-ring (bicyclic) bond motifs is 1. The van der Waals surface area contributed by atoms with Gasteiger partial charge in [0.25, 0.3) is 11.6 Å². The number of hydrogen-bond acceptors (Lipinski definition) is 6. The number of hydrogen-bond donors (Lipinski definition) is 0. The fourth-order valence-electron chi connectivity index (χ4n) is 3.47. The Hall–Kier alpha value is -3.75. The Labute approximate surface area is 179 Å². The predicted octanol–water partition coefficient (Wildman–Crippen LogP) is 3.32. The van der Waals surface area contributed by atoms with E-state index in [1.807, 2.05) is 0 Å². The van der Waals surface area contributed by atoms with Crippen molar-refractivity contribution in [2.75, 3.05) is 29.5 Å². The summed E-state index contributed by atoms with van der Waals surface area (Å²) in [6, 6.07) is 12.5. The van der Waals surface area contributed by atoms with Crippen molar-refractivity contribution >= 4 is 34.8 Å². The van der Waals surface area contributed by atoms with E-state index < -0.39 is 4.92 Å². The van der Waals surface area contributed by atoms with Gasteiger partial charge in [0.15, 0.2) is 0 Å². The van der Waals surface area contributed by atoms with Gasteiger partial charge >= 0.3 is 5.97 Å². The van der Waals surface area contributed by atoms with Crippen molar-refractivity contribution in [1.29, 1.82) is 0 Å². The second-order valence-corrected chi connectivity index (χ2v) is 6.95. The van der Waals surface area contributed by atoms with Crippen molar-refractivity contribution < 1.29 is 24.0 Å². The zero-order valence-electron chi connectivity index (χ0n) is 17.2. The minimum absolute atomic E-state index is 0.101. The molecule has 0 aromatic heterocycles. The summed E-state index contributed by atoms with van der Waals surface area (Å²) in [5.74, 6) is -0.799. The van der Waals surface area contributed by atoms with Crippen molar-refractivity contribution in [3.63, 3.8) is 0 Å². The molecular formula is C22H23N3O6. The lowest BCUT2D eigenvalue weighted by Crippen LogP contribution is -2.32. The molecule has 2 aromatic carbocycles. The summed E-state index contributed by atoms with van der Waals surface area (Å²) in [4.78, 5) is 51.0. The number of nitro groups is 1. The van der Waals surface area contributed by atoms with Crippen molar-refractivity contribution in [2.24, 2.45) is 0 Å². The summed E-state index contributed by atoms with van der Waals surface area (Å²) < 4.78 is 4.94. The number of rotatable bonds is 7. The third-order valence-electron chi connectivity index (χ3n) is 4.95. The first-order chi connectivity index (χ1) is 14.9. The highest BCUT2D eigenvalue weighted by atomic mass is 16.6. The summed E-state index contributed by atoms with van der Waals surface area (Å²) in [6.07, 6.45) is 0.757.